The van der Waals surface area contributed by atoms with E-state index in [4.69, 9.17) is 4.74 Å². The number of nitrogens with zero attached hydrogens (tertiary/aromatic N) is 3. The summed E-state index contributed by atoms with van der Waals surface area (Å²) < 4.78 is 7.32. The van der Waals surface area contributed by atoms with Gasteiger partial charge in [-0.3, -0.25) is 9.36 Å². The van der Waals surface area contributed by atoms with Gasteiger partial charge in [0.25, 0.3) is 0 Å². The molecule has 6 nitrogen and oxygen atoms in total. The fourth-order valence-corrected chi connectivity index (χ4v) is 4.54. The molecular weight excluding hydrogens is 444 g/mol. The van der Waals surface area contributed by atoms with Gasteiger partial charge >= 0.3 is 0 Å². The van der Waals surface area contributed by atoms with E-state index >= 15 is 0 Å². The summed E-state index contributed by atoms with van der Waals surface area (Å²) in [4.78, 5) is 12.6. The Morgan fingerprint density at radius 2 is 1.76 bits per heavy atom. The van der Waals surface area contributed by atoms with Gasteiger partial charge in [-0.1, -0.05) is 71.9 Å². The predicted molar refractivity (Wildman–Crippen MR) is 136 cm³/mol. The third kappa shape index (κ3) is 5.85. The number of thioether (sulfide) groups is 1. The van der Waals surface area contributed by atoms with Crippen molar-refractivity contribution in [3.05, 3.63) is 101 Å². The summed E-state index contributed by atoms with van der Waals surface area (Å²) in [5.41, 5.74) is 5.51. The van der Waals surface area contributed by atoms with E-state index in [-0.39, 0.29) is 11.7 Å². The summed E-state index contributed by atoms with van der Waals surface area (Å²) in [6, 6.07) is 24.2. The van der Waals surface area contributed by atoms with Crippen molar-refractivity contribution in [2.45, 2.75) is 32.0 Å². The first kappa shape index (κ1) is 23.6. The van der Waals surface area contributed by atoms with Crippen LogP contribution < -0.4 is 10.1 Å². The van der Waals surface area contributed by atoms with Crippen LogP contribution in [-0.4, -0.2) is 33.5 Å². The lowest BCUT2D eigenvalue weighted by molar-refractivity contribution is -0.118. The average Bonchev–Trinajstić information content (AvgIpc) is 3.24. The Hall–Kier alpha value is -3.58. The zero-order valence-electron chi connectivity index (χ0n) is 19.6. The van der Waals surface area contributed by atoms with Crippen molar-refractivity contribution < 1.29 is 9.53 Å². The van der Waals surface area contributed by atoms with Crippen molar-refractivity contribution in [1.82, 2.24) is 20.1 Å². The van der Waals surface area contributed by atoms with Crippen LogP contribution in [0.1, 0.15) is 28.1 Å². The van der Waals surface area contributed by atoms with E-state index in [1.54, 1.807) is 7.11 Å². The monoisotopic (exact) mass is 472 g/mol. The molecule has 0 saturated carbocycles. The highest BCUT2D eigenvalue weighted by Crippen LogP contribution is 2.26. The highest BCUT2D eigenvalue weighted by Gasteiger charge is 2.18. The maximum Gasteiger partial charge on any atom is 0.230 e. The Morgan fingerprint density at radius 3 is 2.53 bits per heavy atom. The number of hydrogen-bond donors (Lipinski definition) is 1. The van der Waals surface area contributed by atoms with Gasteiger partial charge in [-0.05, 0) is 48.7 Å². The van der Waals surface area contributed by atoms with Gasteiger partial charge in [-0.15, -0.1) is 10.2 Å². The molecule has 0 bridgehead atoms. The SMILES string of the molecule is COc1cccc(CNC(=O)CSc2nnc(Cc3ccccc3)n2-c2ccc(C)cc2C)c1. The highest BCUT2D eigenvalue weighted by atomic mass is 32.2. The number of hydrogen-bond acceptors (Lipinski definition) is 5. The van der Waals surface area contributed by atoms with E-state index in [0.29, 0.717) is 18.1 Å². The fraction of sp³-hybridized carbons (Fsp3) is 0.222. The van der Waals surface area contributed by atoms with Crippen LogP contribution in [0.25, 0.3) is 5.69 Å². The van der Waals surface area contributed by atoms with Crippen LogP contribution in [-0.2, 0) is 17.8 Å². The molecule has 3 aromatic carbocycles. The van der Waals surface area contributed by atoms with E-state index < -0.39 is 0 Å². The molecule has 1 amide bonds. The molecule has 0 fully saturated rings. The predicted octanol–water partition coefficient (Wildman–Crippen LogP) is 4.89. The molecular formula is C27H28N4O2S. The van der Waals surface area contributed by atoms with Gasteiger partial charge < -0.3 is 10.1 Å². The molecule has 4 aromatic rings. The van der Waals surface area contributed by atoms with Gasteiger partial charge in [-0.2, -0.15) is 0 Å². The van der Waals surface area contributed by atoms with E-state index in [2.05, 4.69) is 64.3 Å². The zero-order valence-corrected chi connectivity index (χ0v) is 20.4. The Kier molecular flexibility index (Phi) is 7.65. The maximum atomic E-state index is 12.6. The summed E-state index contributed by atoms with van der Waals surface area (Å²) in [6.07, 6.45) is 0.657. The summed E-state index contributed by atoms with van der Waals surface area (Å²) in [5.74, 6) is 1.80. The Morgan fingerprint density at radius 1 is 0.971 bits per heavy atom. The molecule has 0 saturated heterocycles. The number of methoxy groups -OCH3 is 1. The van der Waals surface area contributed by atoms with Crippen molar-refractivity contribution in [1.29, 1.82) is 0 Å². The van der Waals surface area contributed by atoms with Crippen LogP contribution in [0.4, 0.5) is 0 Å². The van der Waals surface area contributed by atoms with Crippen molar-refractivity contribution in [3.63, 3.8) is 0 Å². The van der Waals surface area contributed by atoms with Crippen molar-refractivity contribution in [2.24, 2.45) is 0 Å². The van der Waals surface area contributed by atoms with Crippen LogP contribution in [0, 0.1) is 13.8 Å². The van der Waals surface area contributed by atoms with E-state index in [9.17, 15) is 4.79 Å². The van der Waals surface area contributed by atoms with Gasteiger partial charge in [0, 0.05) is 13.0 Å². The second kappa shape index (κ2) is 11.0. The number of nitrogens with one attached hydrogen (secondary N) is 1. The lowest BCUT2D eigenvalue weighted by Gasteiger charge is -2.14. The Labute approximate surface area is 204 Å². The van der Waals surface area contributed by atoms with Crippen molar-refractivity contribution >= 4 is 17.7 Å². The number of carbonyl (C=O) groups is 1. The molecule has 0 aliphatic heterocycles. The third-order valence-corrected chi connectivity index (χ3v) is 6.38. The number of aromatic nitrogens is 3. The minimum atomic E-state index is -0.0624. The minimum Gasteiger partial charge on any atom is -0.497 e. The number of carbonyl (C=O) groups excluding carboxylic acids is 1. The van der Waals surface area contributed by atoms with Crippen LogP contribution in [0.15, 0.2) is 78.0 Å². The van der Waals surface area contributed by atoms with Crippen molar-refractivity contribution in [2.75, 3.05) is 12.9 Å². The van der Waals surface area contributed by atoms with Gasteiger partial charge in [-0.25, -0.2) is 0 Å². The van der Waals surface area contributed by atoms with Gasteiger partial charge in [0.1, 0.15) is 11.6 Å². The van der Waals surface area contributed by atoms with Gasteiger partial charge in [0.2, 0.25) is 5.91 Å². The summed E-state index contributed by atoms with van der Waals surface area (Å²) in [6.45, 7) is 4.61. The summed E-state index contributed by atoms with van der Waals surface area (Å²) in [5, 5.41) is 12.6. The second-order valence-electron chi connectivity index (χ2n) is 8.10. The molecule has 0 aliphatic carbocycles. The smallest absolute Gasteiger partial charge is 0.230 e. The highest BCUT2D eigenvalue weighted by molar-refractivity contribution is 7.99. The van der Waals surface area contributed by atoms with E-state index in [1.807, 2.05) is 42.5 Å². The molecule has 1 heterocycles. The van der Waals surface area contributed by atoms with Gasteiger partial charge in [0.15, 0.2) is 5.16 Å². The number of ether oxygens (including phenoxy) is 1. The van der Waals surface area contributed by atoms with Crippen LogP contribution in [0.5, 0.6) is 5.75 Å². The van der Waals surface area contributed by atoms with E-state index in [1.165, 1.54) is 17.3 Å². The Balaban J connectivity index is 1.51. The van der Waals surface area contributed by atoms with Crippen LogP contribution in [0.3, 0.4) is 0 Å². The molecule has 0 spiro atoms. The van der Waals surface area contributed by atoms with Crippen LogP contribution >= 0.6 is 11.8 Å². The third-order valence-electron chi connectivity index (χ3n) is 5.45. The molecule has 1 N–H and O–H groups in total. The number of amides is 1. The zero-order chi connectivity index (χ0) is 23.9. The molecule has 1 aromatic heterocycles. The minimum absolute atomic E-state index is 0.0624. The summed E-state index contributed by atoms with van der Waals surface area (Å²) >= 11 is 1.39. The molecule has 7 heteroatoms. The first-order valence-electron chi connectivity index (χ1n) is 11.1. The normalized spacial score (nSPS) is 10.8. The van der Waals surface area contributed by atoms with Crippen LogP contribution in [0.2, 0.25) is 0 Å². The largest absolute Gasteiger partial charge is 0.497 e. The lowest BCUT2D eigenvalue weighted by Crippen LogP contribution is -2.24. The number of aryl methyl sites for hydroxylation is 2. The standard InChI is InChI=1S/C27H28N4O2S/c1-19-12-13-24(20(2)14-19)31-25(16-21-8-5-4-6-9-21)29-30-27(31)34-18-26(32)28-17-22-10-7-11-23(15-22)33-3/h4-15H,16-18H2,1-3H3,(H,28,32). The maximum absolute atomic E-state index is 12.6. The summed E-state index contributed by atoms with van der Waals surface area (Å²) in [7, 11) is 1.63. The topological polar surface area (TPSA) is 69.0 Å². The average molecular weight is 473 g/mol. The number of rotatable bonds is 9. The molecule has 0 radical (unpaired) electrons. The molecule has 4 rings (SSSR count). The molecule has 0 unspecified atom stereocenters. The number of benzene rings is 3. The molecule has 0 atom stereocenters. The molecule has 174 valence electrons. The van der Waals surface area contributed by atoms with E-state index in [0.717, 1.165) is 34.0 Å². The Bertz CT molecular complexity index is 1270. The first-order valence-corrected chi connectivity index (χ1v) is 12.1. The first-order chi connectivity index (χ1) is 16.5. The molecule has 34 heavy (non-hydrogen) atoms. The molecule has 0 aliphatic rings. The lowest BCUT2D eigenvalue weighted by atomic mass is 10.1. The fourth-order valence-electron chi connectivity index (χ4n) is 3.75. The van der Waals surface area contributed by atoms with Gasteiger partial charge in [0.05, 0.1) is 18.6 Å². The quantitative estimate of drug-likeness (QED) is 0.351. The second-order valence-corrected chi connectivity index (χ2v) is 9.05. The van der Waals surface area contributed by atoms with Crippen molar-refractivity contribution in [3.8, 4) is 11.4 Å².